The van der Waals surface area contributed by atoms with Crippen LogP contribution in [0.25, 0.3) is 22.8 Å². The SMILES string of the molecule is CC(NC(=O)c1c(N)nn2c1NCC=C2)c1nc2cccc(NC(=O)c3cnn(C)c3)c2c(=O)n1-c1ccccc1. The minimum absolute atomic E-state index is 0.0738. The van der Waals surface area contributed by atoms with Crippen LogP contribution in [0.1, 0.15) is 39.5 Å². The van der Waals surface area contributed by atoms with Crippen LogP contribution in [0.5, 0.6) is 0 Å². The lowest BCUT2D eigenvalue weighted by atomic mass is 10.1. The molecule has 0 fully saturated rings. The van der Waals surface area contributed by atoms with E-state index >= 15 is 0 Å². The Bertz CT molecular complexity index is 1900. The predicted octanol–water partition coefficient (Wildman–Crippen LogP) is 2.54. The molecule has 0 saturated carbocycles. The molecule has 0 radical (unpaired) electrons. The van der Waals surface area contributed by atoms with Gasteiger partial charge in [-0.3, -0.25) is 23.6 Å². The first-order valence-electron chi connectivity index (χ1n) is 12.8. The fourth-order valence-electron chi connectivity index (χ4n) is 4.80. The van der Waals surface area contributed by atoms with E-state index in [0.717, 1.165) is 0 Å². The number of amides is 2. The number of aryl methyl sites for hydroxylation is 1. The zero-order chi connectivity index (χ0) is 28.7. The summed E-state index contributed by atoms with van der Waals surface area (Å²) in [5.41, 5.74) is 7.43. The normalized spacial score (nSPS) is 12.9. The number of fused-ring (bicyclic) bond motifs is 2. The quantitative estimate of drug-likeness (QED) is 0.250. The first kappa shape index (κ1) is 25.6. The summed E-state index contributed by atoms with van der Waals surface area (Å²) < 4.78 is 4.46. The molecule has 1 aliphatic rings. The molecular formula is C28H26N10O3. The van der Waals surface area contributed by atoms with Gasteiger partial charge in [0.25, 0.3) is 17.4 Å². The van der Waals surface area contributed by atoms with Crippen molar-refractivity contribution in [3.8, 4) is 5.69 Å². The molecule has 0 spiro atoms. The van der Waals surface area contributed by atoms with Crippen LogP contribution in [0.4, 0.5) is 17.3 Å². The van der Waals surface area contributed by atoms with Crippen molar-refractivity contribution < 1.29 is 9.59 Å². The van der Waals surface area contributed by atoms with Crippen LogP contribution in [0.3, 0.4) is 0 Å². The van der Waals surface area contributed by atoms with E-state index in [4.69, 9.17) is 10.7 Å². The van der Waals surface area contributed by atoms with Crippen LogP contribution in [-0.2, 0) is 7.05 Å². The molecule has 1 aliphatic heterocycles. The van der Waals surface area contributed by atoms with E-state index in [1.54, 1.807) is 68.8 Å². The standard InChI is InChI=1S/C28H26N10O3/c1-16(32-27(40)22-23(29)35-37-13-7-12-30-25(22)37)24-33-19-10-6-11-20(34-26(39)17-14-31-36(2)15-17)21(19)28(41)38(24)18-8-4-3-5-9-18/h3-11,13-16,30H,12H2,1-2H3,(H2,29,35)(H,32,40)(H,34,39). The van der Waals surface area contributed by atoms with E-state index in [1.807, 2.05) is 12.1 Å². The third-order valence-corrected chi connectivity index (χ3v) is 6.69. The Morgan fingerprint density at radius 1 is 1.10 bits per heavy atom. The second kappa shape index (κ2) is 10.1. The topological polar surface area (TPSA) is 167 Å². The van der Waals surface area contributed by atoms with Crippen molar-refractivity contribution in [1.82, 2.24) is 34.4 Å². The lowest BCUT2D eigenvalue weighted by Crippen LogP contribution is -2.34. The van der Waals surface area contributed by atoms with Gasteiger partial charge in [0.05, 0.1) is 40.1 Å². The largest absolute Gasteiger partial charge is 0.381 e. The lowest BCUT2D eigenvalue weighted by molar-refractivity contribution is 0.0938. The summed E-state index contributed by atoms with van der Waals surface area (Å²) in [6.45, 7) is 2.26. The van der Waals surface area contributed by atoms with E-state index in [9.17, 15) is 14.4 Å². The van der Waals surface area contributed by atoms with Gasteiger partial charge in [0, 0.05) is 26.0 Å². The van der Waals surface area contributed by atoms with Gasteiger partial charge < -0.3 is 21.7 Å². The number of carbonyl (C=O) groups excluding carboxylic acids is 2. The van der Waals surface area contributed by atoms with E-state index in [1.165, 1.54) is 20.1 Å². The Morgan fingerprint density at radius 2 is 1.90 bits per heavy atom. The molecule has 13 heteroatoms. The van der Waals surface area contributed by atoms with Crippen LogP contribution in [-0.4, -0.2) is 47.5 Å². The number of hydrogen-bond donors (Lipinski definition) is 4. The molecule has 206 valence electrons. The van der Waals surface area contributed by atoms with Crippen LogP contribution < -0.4 is 27.2 Å². The number of nitrogens with zero attached hydrogens (tertiary/aromatic N) is 6. The average molecular weight is 551 g/mol. The van der Waals surface area contributed by atoms with Gasteiger partial charge in [0.2, 0.25) is 0 Å². The molecule has 4 heterocycles. The smallest absolute Gasteiger partial charge is 0.268 e. The monoisotopic (exact) mass is 550 g/mol. The Morgan fingerprint density at radius 3 is 2.66 bits per heavy atom. The lowest BCUT2D eigenvalue weighted by Gasteiger charge is -2.21. The Kier molecular flexibility index (Phi) is 6.30. The Hall–Kier alpha value is -5.72. The fourth-order valence-corrected chi connectivity index (χ4v) is 4.80. The van der Waals surface area contributed by atoms with Crippen molar-refractivity contribution in [3.63, 3.8) is 0 Å². The maximum atomic E-state index is 14.1. The molecule has 0 bridgehead atoms. The second-order valence-corrected chi connectivity index (χ2v) is 9.52. The zero-order valence-corrected chi connectivity index (χ0v) is 22.2. The third kappa shape index (κ3) is 4.58. The van der Waals surface area contributed by atoms with Crippen molar-refractivity contribution in [2.75, 3.05) is 22.9 Å². The molecule has 13 nitrogen and oxygen atoms in total. The average Bonchev–Trinajstić information content (AvgIpc) is 3.55. The number of carbonyl (C=O) groups is 2. The highest BCUT2D eigenvalue weighted by Crippen LogP contribution is 2.27. The van der Waals surface area contributed by atoms with Crippen LogP contribution in [0.2, 0.25) is 0 Å². The van der Waals surface area contributed by atoms with Crippen LogP contribution in [0, 0.1) is 0 Å². The summed E-state index contributed by atoms with van der Waals surface area (Å²) in [4.78, 5) is 45.3. The number of nitrogens with one attached hydrogen (secondary N) is 3. The number of hydrogen-bond acceptors (Lipinski definition) is 8. The van der Waals surface area contributed by atoms with Gasteiger partial charge in [-0.05, 0) is 37.3 Å². The third-order valence-electron chi connectivity index (χ3n) is 6.69. The number of anilines is 3. The molecule has 3 aromatic heterocycles. The van der Waals surface area contributed by atoms with Gasteiger partial charge in [-0.2, -0.15) is 5.10 Å². The van der Waals surface area contributed by atoms with Crippen molar-refractivity contribution in [2.45, 2.75) is 13.0 Å². The highest BCUT2D eigenvalue weighted by atomic mass is 16.2. The molecule has 5 aromatic rings. The van der Waals surface area contributed by atoms with E-state index < -0.39 is 23.4 Å². The Labute approximate surface area is 233 Å². The molecule has 41 heavy (non-hydrogen) atoms. The van der Waals surface area contributed by atoms with Crippen LogP contribution >= 0.6 is 0 Å². The molecule has 1 atom stereocenters. The van der Waals surface area contributed by atoms with Crippen molar-refractivity contribution in [1.29, 1.82) is 0 Å². The highest BCUT2D eigenvalue weighted by molar-refractivity contribution is 6.08. The summed E-state index contributed by atoms with van der Waals surface area (Å²) >= 11 is 0. The van der Waals surface area contributed by atoms with Crippen molar-refractivity contribution in [3.05, 3.63) is 94.3 Å². The molecule has 2 amide bonds. The molecule has 1 unspecified atom stereocenters. The number of aromatic nitrogens is 6. The number of nitrogen functional groups attached to an aromatic ring is 1. The summed E-state index contributed by atoms with van der Waals surface area (Å²) in [5.74, 6) is -0.0254. The van der Waals surface area contributed by atoms with E-state index in [-0.39, 0.29) is 16.8 Å². The predicted molar refractivity (Wildman–Crippen MR) is 155 cm³/mol. The summed E-state index contributed by atoms with van der Waals surface area (Å²) in [5, 5.41) is 17.3. The first-order valence-corrected chi connectivity index (χ1v) is 12.8. The zero-order valence-electron chi connectivity index (χ0n) is 22.2. The minimum Gasteiger partial charge on any atom is -0.381 e. The molecule has 6 rings (SSSR count). The second-order valence-electron chi connectivity index (χ2n) is 9.52. The summed E-state index contributed by atoms with van der Waals surface area (Å²) in [6, 6.07) is 13.3. The van der Waals surface area contributed by atoms with Gasteiger partial charge in [-0.1, -0.05) is 24.3 Å². The maximum absolute atomic E-state index is 14.1. The summed E-state index contributed by atoms with van der Waals surface area (Å²) in [6.07, 6.45) is 6.61. The van der Waals surface area contributed by atoms with Crippen LogP contribution in [0.15, 0.2) is 71.8 Å². The maximum Gasteiger partial charge on any atom is 0.268 e. The molecule has 2 aromatic carbocycles. The van der Waals surface area contributed by atoms with Crippen molar-refractivity contribution in [2.24, 2.45) is 7.05 Å². The van der Waals surface area contributed by atoms with Crippen molar-refractivity contribution >= 4 is 46.2 Å². The number of benzene rings is 2. The van der Waals surface area contributed by atoms with Gasteiger partial charge in [-0.15, -0.1) is 5.10 Å². The van der Waals surface area contributed by atoms with Gasteiger partial charge in [0.15, 0.2) is 5.82 Å². The number of nitrogens with two attached hydrogens (primary N) is 1. The van der Waals surface area contributed by atoms with E-state index in [0.29, 0.717) is 40.6 Å². The van der Waals surface area contributed by atoms with Gasteiger partial charge >= 0.3 is 0 Å². The Balaban J connectivity index is 1.43. The molecular weight excluding hydrogens is 524 g/mol. The summed E-state index contributed by atoms with van der Waals surface area (Å²) in [7, 11) is 1.71. The van der Waals surface area contributed by atoms with Gasteiger partial charge in [0.1, 0.15) is 17.2 Å². The molecule has 0 aliphatic carbocycles. The van der Waals surface area contributed by atoms with Gasteiger partial charge in [-0.25, -0.2) is 9.67 Å². The molecule has 0 saturated heterocycles. The first-order chi connectivity index (χ1) is 19.8. The minimum atomic E-state index is -0.720. The van der Waals surface area contributed by atoms with E-state index in [2.05, 4.69) is 26.1 Å². The number of para-hydroxylation sites is 1. The molecule has 5 N–H and O–H groups in total. The number of rotatable bonds is 6. The fraction of sp³-hybridized carbons (Fsp3) is 0.143. The highest BCUT2D eigenvalue weighted by Gasteiger charge is 2.27.